The number of aromatic nitrogens is 2. The molecule has 1 fully saturated rings. The number of ether oxygens (including phenoxy) is 1. The van der Waals surface area contributed by atoms with Crippen LogP contribution in [0.15, 0.2) is 16.3 Å². The molecule has 0 bridgehead atoms. The van der Waals surface area contributed by atoms with E-state index in [-0.39, 0.29) is 49.2 Å². The number of fused-ring (bicyclic) bond motifs is 1. The maximum Gasteiger partial charge on any atom is 0.410 e. The highest BCUT2D eigenvalue weighted by Gasteiger charge is 2.38. The second kappa shape index (κ2) is 7.84. The van der Waals surface area contributed by atoms with Crippen LogP contribution in [0.5, 0.6) is 0 Å². The number of aliphatic imine (C=N–C) groups is 1. The highest BCUT2D eigenvalue weighted by molar-refractivity contribution is 6.04. The molecule has 1 unspecified atom stereocenters. The molecule has 0 aliphatic carbocycles. The van der Waals surface area contributed by atoms with Crippen molar-refractivity contribution < 1.29 is 19.5 Å². The van der Waals surface area contributed by atoms with Crippen molar-refractivity contribution in [2.45, 2.75) is 58.8 Å². The van der Waals surface area contributed by atoms with Crippen molar-refractivity contribution in [1.29, 1.82) is 0 Å². The lowest BCUT2D eigenvalue weighted by atomic mass is 10.1. The molecule has 2 aliphatic rings. The van der Waals surface area contributed by atoms with E-state index in [2.05, 4.69) is 15.2 Å². The Morgan fingerprint density at radius 3 is 2.67 bits per heavy atom. The van der Waals surface area contributed by atoms with E-state index in [0.717, 1.165) is 5.69 Å². The number of hydrogen-bond acceptors (Lipinski definition) is 6. The van der Waals surface area contributed by atoms with Gasteiger partial charge in [-0.1, -0.05) is 0 Å². The fourth-order valence-electron chi connectivity index (χ4n) is 3.56. The Kier molecular flexibility index (Phi) is 5.59. The van der Waals surface area contributed by atoms with Crippen molar-refractivity contribution in [2.24, 2.45) is 27.5 Å². The van der Waals surface area contributed by atoms with Gasteiger partial charge in [0.2, 0.25) is 5.91 Å². The average molecular weight is 420 g/mol. The number of nitrogens with zero attached hydrogens (tertiary/aromatic N) is 6. The van der Waals surface area contributed by atoms with E-state index in [1.54, 1.807) is 20.7 Å². The minimum Gasteiger partial charge on any atom is -0.444 e. The summed E-state index contributed by atoms with van der Waals surface area (Å²) >= 11 is 0. The third-order valence-corrected chi connectivity index (χ3v) is 5.02. The summed E-state index contributed by atoms with van der Waals surface area (Å²) in [6, 6.07) is -0.106. The van der Waals surface area contributed by atoms with Gasteiger partial charge in [-0.25, -0.2) is 4.79 Å². The minimum atomic E-state index is -0.605. The normalized spacial score (nSPS) is 23.0. The van der Waals surface area contributed by atoms with Crippen LogP contribution in [-0.2, 0) is 22.6 Å². The van der Waals surface area contributed by atoms with Gasteiger partial charge < -0.3 is 26.3 Å². The van der Waals surface area contributed by atoms with Gasteiger partial charge in [0, 0.05) is 18.9 Å². The molecule has 0 spiro atoms. The highest BCUT2D eigenvalue weighted by atomic mass is 16.6. The quantitative estimate of drug-likeness (QED) is 0.270. The molecular formula is C18H28N8O4. The van der Waals surface area contributed by atoms with Crippen molar-refractivity contribution in [2.75, 3.05) is 11.4 Å². The molecule has 1 aromatic rings. The zero-order chi connectivity index (χ0) is 22.2. The molecule has 5 N–H and O–H groups in total. The lowest BCUT2D eigenvalue weighted by Crippen LogP contribution is -2.47. The largest absolute Gasteiger partial charge is 0.444 e. The fraction of sp³-hybridized carbons (Fsp3) is 0.611. The van der Waals surface area contributed by atoms with E-state index in [1.807, 2.05) is 27.7 Å². The van der Waals surface area contributed by atoms with Gasteiger partial charge in [-0.05, 0) is 32.9 Å². The summed E-state index contributed by atoms with van der Waals surface area (Å²) in [6.45, 7) is 8.43. The Bertz CT molecular complexity index is 900. The third kappa shape index (κ3) is 4.31. The molecule has 30 heavy (non-hydrogen) atoms. The number of guanidine groups is 1. The maximum absolute atomic E-state index is 12.7. The fourth-order valence-corrected chi connectivity index (χ4v) is 3.56. The van der Waals surface area contributed by atoms with E-state index in [0.29, 0.717) is 12.2 Å². The smallest absolute Gasteiger partial charge is 0.410 e. The summed E-state index contributed by atoms with van der Waals surface area (Å²) in [7, 11) is 0. The molecule has 2 atom stereocenters. The van der Waals surface area contributed by atoms with Crippen LogP contribution < -0.4 is 16.4 Å². The van der Waals surface area contributed by atoms with Gasteiger partial charge in [0.25, 0.3) is 5.96 Å². The molecule has 164 valence electrons. The number of carbonyl (C=O) groups excluding carboxylic acids is 2. The van der Waals surface area contributed by atoms with Crippen LogP contribution in [0.2, 0.25) is 0 Å². The maximum atomic E-state index is 12.7. The summed E-state index contributed by atoms with van der Waals surface area (Å²) < 4.78 is 7.32. The minimum absolute atomic E-state index is 0.106. The number of nitrogens with two attached hydrogens (primary N) is 2. The first kappa shape index (κ1) is 21.4. The van der Waals surface area contributed by atoms with Crippen molar-refractivity contribution >= 4 is 29.5 Å². The zero-order valence-electron chi connectivity index (χ0n) is 17.6. The predicted octanol–water partition coefficient (Wildman–Crippen LogP) is 0.436. The third-order valence-electron chi connectivity index (χ3n) is 5.02. The van der Waals surface area contributed by atoms with Crippen LogP contribution in [0.1, 0.15) is 39.8 Å². The molecule has 12 nitrogen and oxygen atoms in total. The molecule has 0 aromatic carbocycles. The summed E-state index contributed by atoms with van der Waals surface area (Å²) in [5.41, 5.74) is 12.1. The highest BCUT2D eigenvalue weighted by Crippen LogP contribution is 2.32. The van der Waals surface area contributed by atoms with E-state index in [4.69, 9.17) is 21.4 Å². The van der Waals surface area contributed by atoms with E-state index in [1.165, 1.54) is 0 Å². The number of hydrogen-bond donors (Lipinski definition) is 3. The van der Waals surface area contributed by atoms with E-state index < -0.39 is 11.7 Å². The van der Waals surface area contributed by atoms with Crippen LogP contribution in [0.4, 0.5) is 10.5 Å². The number of amides is 2. The van der Waals surface area contributed by atoms with Crippen molar-refractivity contribution in [3.8, 4) is 0 Å². The molecule has 12 heteroatoms. The lowest BCUT2D eigenvalue weighted by Gasteiger charge is -2.36. The summed E-state index contributed by atoms with van der Waals surface area (Å²) in [5.74, 6) is -0.775. The van der Waals surface area contributed by atoms with Crippen molar-refractivity contribution in [1.82, 2.24) is 14.7 Å². The first-order valence-electron chi connectivity index (χ1n) is 9.66. The van der Waals surface area contributed by atoms with Crippen LogP contribution in [0.25, 0.3) is 0 Å². The van der Waals surface area contributed by atoms with Crippen molar-refractivity contribution in [3.05, 3.63) is 11.9 Å². The lowest BCUT2D eigenvalue weighted by molar-refractivity contribution is -0.117. The summed E-state index contributed by atoms with van der Waals surface area (Å²) in [5, 5.41) is 15.8. The zero-order valence-corrected chi connectivity index (χ0v) is 17.6. The second-order valence-corrected chi connectivity index (χ2v) is 8.52. The Hall–Kier alpha value is -3.31. The molecule has 1 saturated heterocycles. The van der Waals surface area contributed by atoms with Gasteiger partial charge in [0.05, 0.1) is 36.7 Å². The van der Waals surface area contributed by atoms with Gasteiger partial charge in [-0.2, -0.15) is 10.1 Å². The Morgan fingerprint density at radius 2 is 2.03 bits per heavy atom. The Labute approximate surface area is 174 Å². The average Bonchev–Trinajstić information content (AvgIpc) is 3.22. The Morgan fingerprint density at radius 1 is 1.33 bits per heavy atom. The molecule has 0 radical (unpaired) electrons. The number of oxime groups is 1. The number of rotatable bonds is 2. The summed E-state index contributed by atoms with van der Waals surface area (Å²) in [4.78, 5) is 32.3. The van der Waals surface area contributed by atoms with Gasteiger partial charge in [-0.3, -0.25) is 14.4 Å². The first-order chi connectivity index (χ1) is 14.0. The van der Waals surface area contributed by atoms with Crippen LogP contribution in [0.3, 0.4) is 0 Å². The predicted molar refractivity (Wildman–Crippen MR) is 109 cm³/mol. The van der Waals surface area contributed by atoms with Crippen molar-refractivity contribution in [3.63, 3.8) is 0 Å². The molecule has 1 aromatic heterocycles. The molecule has 3 rings (SSSR count). The molecule has 3 heterocycles. The van der Waals surface area contributed by atoms with Crippen LogP contribution in [0, 0.1) is 5.92 Å². The monoisotopic (exact) mass is 420 g/mol. The first-order valence-corrected chi connectivity index (χ1v) is 9.66. The van der Waals surface area contributed by atoms with E-state index >= 15 is 0 Å². The second-order valence-electron chi connectivity index (χ2n) is 8.52. The Balaban J connectivity index is 1.82. The van der Waals surface area contributed by atoms with Gasteiger partial charge in [0.1, 0.15) is 11.4 Å². The SMILES string of the molecule is C[C@H]1Cn2ncc(N3CC(/C(N)=N/C(N)=N/O)CC3=O)c2CN1C(=O)OC(C)(C)C. The van der Waals surface area contributed by atoms with Gasteiger partial charge in [-0.15, -0.1) is 0 Å². The van der Waals surface area contributed by atoms with Gasteiger partial charge >= 0.3 is 6.09 Å². The van der Waals surface area contributed by atoms with Gasteiger partial charge in [0.15, 0.2) is 0 Å². The summed E-state index contributed by atoms with van der Waals surface area (Å²) in [6.07, 6.45) is 1.36. The number of amidine groups is 1. The molecular weight excluding hydrogens is 392 g/mol. The van der Waals surface area contributed by atoms with Crippen LogP contribution >= 0.6 is 0 Å². The molecule has 2 amide bonds. The number of carbonyl (C=O) groups is 2. The number of anilines is 1. The topological polar surface area (TPSA) is 165 Å². The van der Waals surface area contributed by atoms with E-state index in [9.17, 15) is 9.59 Å². The van der Waals surface area contributed by atoms with Crippen LogP contribution in [-0.4, -0.2) is 61.9 Å². The molecule has 2 aliphatic heterocycles. The standard InChI is InChI=1S/C18H28N8O4/c1-10-7-26-13(9-24(10)17(28)30-18(2,3)4)12(6-21-26)25-8-11(5-14(25)27)15(19)22-16(20)23-29/h6,10-11,29H,5,7-9H2,1-4H3,(H4,19,20,22,23)/t10-,11?/m0/s1. The molecule has 0 saturated carbocycles.